The Hall–Kier alpha value is -0.860. The van der Waals surface area contributed by atoms with E-state index in [1.54, 1.807) is 0 Å². The number of benzene rings is 1. The van der Waals surface area contributed by atoms with E-state index in [1.165, 1.54) is 44.5 Å². The summed E-state index contributed by atoms with van der Waals surface area (Å²) < 4.78 is 0. The first-order valence-electron chi connectivity index (χ1n) is 12.2. The highest BCUT2D eigenvalue weighted by Gasteiger charge is 2.22. The van der Waals surface area contributed by atoms with Crippen LogP contribution in [0.5, 0.6) is 0 Å². The highest BCUT2D eigenvalue weighted by molar-refractivity contribution is 14.0. The van der Waals surface area contributed by atoms with Gasteiger partial charge in [-0.2, -0.15) is 0 Å². The lowest BCUT2D eigenvalue weighted by Crippen LogP contribution is -2.42. The summed E-state index contributed by atoms with van der Waals surface area (Å²) in [4.78, 5) is 10.0. The molecule has 178 valence electrons. The molecular weight excluding hydrogens is 497 g/mol. The number of rotatable bonds is 13. The quantitative estimate of drug-likeness (QED) is 0.222. The Balaban J connectivity index is 0.00000480. The molecule has 1 aliphatic heterocycles. The molecule has 0 amide bonds. The van der Waals surface area contributed by atoms with Gasteiger partial charge < -0.3 is 20.4 Å². The van der Waals surface area contributed by atoms with Gasteiger partial charge in [0.25, 0.3) is 0 Å². The number of nitrogens with one attached hydrogen (secondary N) is 2. The van der Waals surface area contributed by atoms with Crippen molar-refractivity contribution in [1.82, 2.24) is 20.4 Å². The fraction of sp³-hybridized carbons (Fsp3) is 0.720. The number of likely N-dealkylation sites (tertiary alicyclic amines) is 1. The molecule has 1 saturated heterocycles. The van der Waals surface area contributed by atoms with Gasteiger partial charge in [0.05, 0.1) is 0 Å². The zero-order valence-electron chi connectivity index (χ0n) is 20.3. The van der Waals surface area contributed by atoms with Crippen molar-refractivity contribution in [1.29, 1.82) is 0 Å². The smallest absolute Gasteiger partial charge is 0.191 e. The SMILES string of the molecule is CCNC(=NCC1CCN(CCc2ccccc2)C1)NC(C)CCCN(CC)CC.I. The minimum absolute atomic E-state index is 0. The van der Waals surface area contributed by atoms with Gasteiger partial charge in [0, 0.05) is 32.2 Å². The standard InChI is InChI=1S/C25H45N5.HI/c1-5-26-25(28-22(4)12-11-17-29(6-2)7-3)27-20-24-16-19-30(21-24)18-15-23-13-9-8-10-14-23;/h8-10,13-14,22,24H,5-7,11-12,15-21H2,1-4H3,(H2,26,27,28);1H. The van der Waals surface area contributed by atoms with Crippen LogP contribution in [0.1, 0.15) is 52.5 Å². The van der Waals surface area contributed by atoms with Gasteiger partial charge >= 0.3 is 0 Å². The molecule has 2 atom stereocenters. The maximum Gasteiger partial charge on any atom is 0.191 e. The highest BCUT2D eigenvalue weighted by Crippen LogP contribution is 2.17. The Morgan fingerprint density at radius 2 is 1.94 bits per heavy atom. The predicted molar refractivity (Wildman–Crippen MR) is 146 cm³/mol. The van der Waals surface area contributed by atoms with Crippen LogP contribution >= 0.6 is 24.0 Å². The molecule has 0 aromatic heterocycles. The lowest BCUT2D eigenvalue weighted by molar-refractivity contribution is 0.292. The largest absolute Gasteiger partial charge is 0.357 e. The van der Waals surface area contributed by atoms with E-state index in [2.05, 4.69) is 78.5 Å². The zero-order valence-corrected chi connectivity index (χ0v) is 22.6. The molecule has 0 bridgehead atoms. The second-order valence-corrected chi connectivity index (χ2v) is 8.63. The molecule has 2 rings (SSSR count). The number of hydrogen-bond donors (Lipinski definition) is 2. The summed E-state index contributed by atoms with van der Waals surface area (Å²) in [6, 6.07) is 11.3. The number of guanidine groups is 1. The second-order valence-electron chi connectivity index (χ2n) is 8.63. The van der Waals surface area contributed by atoms with Crippen molar-refractivity contribution < 1.29 is 0 Å². The average Bonchev–Trinajstić information content (AvgIpc) is 3.22. The van der Waals surface area contributed by atoms with E-state index < -0.39 is 0 Å². The summed E-state index contributed by atoms with van der Waals surface area (Å²) in [5.41, 5.74) is 1.44. The van der Waals surface area contributed by atoms with E-state index in [4.69, 9.17) is 4.99 Å². The van der Waals surface area contributed by atoms with Crippen LogP contribution < -0.4 is 10.6 Å². The van der Waals surface area contributed by atoms with Gasteiger partial charge in [-0.05, 0) is 77.2 Å². The third kappa shape index (κ3) is 11.5. The third-order valence-corrected chi connectivity index (χ3v) is 6.17. The minimum Gasteiger partial charge on any atom is -0.357 e. The van der Waals surface area contributed by atoms with Crippen molar-refractivity contribution in [3.63, 3.8) is 0 Å². The van der Waals surface area contributed by atoms with E-state index in [0.29, 0.717) is 12.0 Å². The molecule has 0 aliphatic carbocycles. The molecule has 1 heterocycles. The molecule has 5 nitrogen and oxygen atoms in total. The summed E-state index contributed by atoms with van der Waals surface area (Å²) in [5, 5.41) is 7.05. The Morgan fingerprint density at radius 3 is 2.61 bits per heavy atom. The van der Waals surface area contributed by atoms with E-state index in [9.17, 15) is 0 Å². The van der Waals surface area contributed by atoms with Gasteiger partial charge in [-0.1, -0.05) is 44.2 Å². The van der Waals surface area contributed by atoms with Gasteiger partial charge in [0.15, 0.2) is 5.96 Å². The molecule has 2 unspecified atom stereocenters. The topological polar surface area (TPSA) is 42.9 Å². The van der Waals surface area contributed by atoms with E-state index in [0.717, 1.165) is 45.1 Å². The first-order valence-corrected chi connectivity index (χ1v) is 12.2. The molecule has 1 fully saturated rings. The molecule has 0 radical (unpaired) electrons. The molecule has 0 spiro atoms. The summed E-state index contributed by atoms with van der Waals surface area (Å²) in [7, 11) is 0. The summed E-state index contributed by atoms with van der Waals surface area (Å²) in [5.74, 6) is 1.66. The van der Waals surface area contributed by atoms with Crippen molar-refractivity contribution in [3.05, 3.63) is 35.9 Å². The normalized spacial score (nSPS) is 18.1. The lowest BCUT2D eigenvalue weighted by atomic mass is 10.1. The van der Waals surface area contributed by atoms with Crippen LogP contribution in [0.4, 0.5) is 0 Å². The minimum atomic E-state index is 0. The number of halogens is 1. The van der Waals surface area contributed by atoms with Crippen molar-refractivity contribution in [2.24, 2.45) is 10.9 Å². The van der Waals surface area contributed by atoms with Crippen molar-refractivity contribution in [3.8, 4) is 0 Å². The van der Waals surface area contributed by atoms with Crippen molar-refractivity contribution >= 4 is 29.9 Å². The number of aliphatic imine (C=N–C) groups is 1. The second kappa shape index (κ2) is 16.7. The monoisotopic (exact) mass is 543 g/mol. The zero-order chi connectivity index (χ0) is 21.6. The Labute approximate surface area is 208 Å². The summed E-state index contributed by atoms with van der Waals surface area (Å²) in [6.45, 7) is 17.8. The fourth-order valence-corrected chi connectivity index (χ4v) is 4.20. The average molecular weight is 544 g/mol. The van der Waals surface area contributed by atoms with Gasteiger partial charge in [-0.15, -0.1) is 24.0 Å². The maximum absolute atomic E-state index is 4.92. The number of nitrogens with zero attached hydrogens (tertiary/aromatic N) is 3. The van der Waals surface area contributed by atoms with Crippen LogP contribution in [0.3, 0.4) is 0 Å². The first-order chi connectivity index (χ1) is 14.6. The first kappa shape index (κ1) is 28.2. The molecule has 1 aromatic rings. The molecule has 1 aliphatic rings. The molecule has 0 saturated carbocycles. The molecule has 31 heavy (non-hydrogen) atoms. The fourth-order valence-electron chi connectivity index (χ4n) is 4.20. The van der Waals surface area contributed by atoms with Crippen LogP contribution in [0.25, 0.3) is 0 Å². The van der Waals surface area contributed by atoms with Gasteiger partial charge in [0.1, 0.15) is 0 Å². The van der Waals surface area contributed by atoms with Crippen LogP contribution in [0.2, 0.25) is 0 Å². The Bertz CT molecular complexity index is 591. The van der Waals surface area contributed by atoms with Gasteiger partial charge in [0.2, 0.25) is 0 Å². The van der Waals surface area contributed by atoms with E-state index in [1.807, 2.05) is 0 Å². The summed E-state index contributed by atoms with van der Waals surface area (Å²) >= 11 is 0. The van der Waals surface area contributed by atoms with Crippen LogP contribution in [-0.4, -0.2) is 74.2 Å². The summed E-state index contributed by atoms with van der Waals surface area (Å²) in [6.07, 6.45) is 4.81. The Morgan fingerprint density at radius 1 is 1.19 bits per heavy atom. The van der Waals surface area contributed by atoms with E-state index >= 15 is 0 Å². The molecule has 1 aromatic carbocycles. The van der Waals surface area contributed by atoms with Gasteiger partial charge in [-0.25, -0.2) is 0 Å². The highest BCUT2D eigenvalue weighted by atomic mass is 127. The van der Waals surface area contributed by atoms with Crippen LogP contribution in [0, 0.1) is 5.92 Å². The Kier molecular flexibility index (Phi) is 15.2. The lowest BCUT2D eigenvalue weighted by Gasteiger charge is -2.21. The third-order valence-electron chi connectivity index (χ3n) is 6.17. The van der Waals surface area contributed by atoms with Crippen molar-refractivity contribution in [2.75, 3.05) is 52.4 Å². The van der Waals surface area contributed by atoms with Gasteiger partial charge in [-0.3, -0.25) is 4.99 Å². The number of hydrogen-bond acceptors (Lipinski definition) is 3. The van der Waals surface area contributed by atoms with Crippen LogP contribution in [-0.2, 0) is 6.42 Å². The molecular formula is C25H46IN5. The van der Waals surface area contributed by atoms with Crippen molar-refractivity contribution in [2.45, 2.75) is 59.4 Å². The molecule has 6 heteroatoms. The maximum atomic E-state index is 4.92. The molecule has 2 N–H and O–H groups in total. The van der Waals surface area contributed by atoms with Crippen LogP contribution in [0.15, 0.2) is 35.3 Å². The van der Waals surface area contributed by atoms with E-state index in [-0.39, 0.29) is 24.0 Å². The predicted octanol–water partition coefficient (Wildman–Crippen LogP) is 4.23.